The number of benzene rings is 4. The fourth-order valence-electron chi connectivity index (χ4n) is 5.23. The first-order valence-corrected chi connectivity index (χ1v) is 17.0. The molecule has 0 unspecified atom stereocenters. The molecule has 0 saturated carbocycles. The van der Waals surface area contributed by atoms with Gasteiger partial charge in [-0.2, -0.15) is 0 Å². The number of amides is 2. The summed E-state index contributed by atoms with van der Waals surface area (Å²) < 4.78 is 40.4. The molecular weight excluding hydrogens is 614 g/mol. The highest BCUT2D eigenvalue weighted by Gasteiger charge is 2.35. The Kier molecular flexibility index (Phi) is 12.0. The van der Waals surface area contributed by atoms with Gasteiger partial charge in [0, 0.05) is 25.1 Å². The molecule has 2 atom stereocenters. The van der Waals surface area contributed by atoms with Gasteiger partial charge in [0.1, 0.15) is 12.6 Å². The minimum Gasteiger partial charge on any atom is -0.493 e. The number of carbonyl (C=O) groups excluding carboxylic acids is 2. The molecule has 47 heavy (non-hydrogen) atoms. The van der Waals surface area contributed by atoms with Gasteiger partial charge < -0.3 is 19.7 Å². The van der Waals surface area contributed by atoms with Crippen LogP contribution in [0.25, 0.3) is 0 Å². The molecule has 1 N–H and O–H groups in total. The van der Waals surface area contributed by atoms with Crippen molar-refractivity contribution in [3.8, 4) is 11.5 Å². The summed E-state index contributed by atoms with van der Waals surface area (Å²) in [7, 11) is -1.30. The molecule has 4 aromatic carbocycles. The smallest absolute Gasteiger partial charge is 0.264 e. The Morgan fingerprint density at radius 2 is 1.45 bits per heavy atom. The number of hydrogen-bond donors (Lipinski definition) is 1. The largest absolute Gasteiger partial charge is 0.493 e. The number of anilines is 1. The number of nitrogens with zero attached hydrogens (tertiary/aromatic N) is 2. The number of ether oxygens (including phenoxy) is 2. The van der Waals surface area contributed by atoms with E-state index < -0.39 is 28.5 Å². The summed E-state index contributed by atoms with van der Waals surface area (Å²) in [6.45, 7) is 5.37. The SMILES string of the molecule is CC[C@@H](C)NC(=O)[C@@H](Cc1ccccc1)N(Cc1cccc(C)c1)C(=O)CN(c1ccc(OC)c(OC)c1)S(=O)(=O)c1ccccc1. The standard InChI is InChI=1S/C37H43N3O6S/c1-6-28(3)38-37(42)33(23-29-15-9-7-10-16-29)39(25-30-17-13-14-27(2)22-30)36(41)26-40(47(43,44)32-18-11-8-12-19-32)31-20-21-34(45-4)35(24-31)46-5/h7-22,24,28,33H,6,23,25-26H2,1-5H3,(H,38,42)/t28-,33-/m1/s1. The lowest BCUT2D eigenvalue weighted by Gasteiger charge is -2.34. The second-order valence-electron chi connectivity index (χ2n) is 11.4. The van der Waals surface area contributed by atoms with Crippen molar-refractivity contribution in [3.05, 3.63) is 120 Å². The third kappa shape index (κ3) is 8.92. The van der Waals surface area contributed by atoms with Gasteiger partial charge in [0.2, 0.25) is 11.8 Å². The molecule has 4 aromatic rings. The van der Waals surface area contributed by atoms with Crippen molar-refractivity contribution >= 4 is 27.5 Å². The maximum atomic E-state index is 14.6. The summed E-state index contributed by atoms with van der Waals surface area (Å²) in [5.74, 6) is -0.142. The molecule has 9 nitrogen and oxygen atoms in total. The van der Waals surface area contributed by atoms with Crippen LogP contribution in [0.5, 0.6) is 11.5 Å². The fourth-order valence-corrected chi connectivity index (χ4v) is 6.66. The van der Waals surface area contributed by atoms with E-state index in [1.807, 2.05) is 75.4 Å². The van der Waals surface area contributed by atoms with Gasteiger partial charge in [-0.1, -0.05) is 85.3 Å². The first-order valence-electron chi connectivity index (χ1n) is 15.6. The predicted molar refractivity (Wildman–Crippen MR) is 184 cm³/mol. The van der Waals surface area contributed by atoms with Crippen LogP contribution < -0.4 is 19.1 Å². The number of sulfonamides is 1. The van der Waals surface area contributed by atoms with E-state index in [4.69, 9.17) is 9.47 Å². The van der Waals surface area contributed by atoms with Crippen molar-refractivity contribution in [2.24, 2.45) is 0 Å². The molecule has 0 aromatic heterocycles. The Morgan fingerprint density at radius 1 is 0.809 bits per heavy atom. The lowest BCUT2D eigenvalue weighted by Crippen LogP contribution is -2.54. The molecule has 0 aliphatic rings. The van der Waals surface area contributed by atoms with E-state index >= 15 is 0 Å². The number of carbonyl (C=O) groups is 2. The van der Waals surface area contributed by atoms with Crippen LogP contribution in [0.2, 0.25) is 0 Å². The van der Waals surface area contributed by atoms with Crippen LogP contribution in [0.1, 0.15) is 37.0 Å². The third-order valence-electron chi connectivity index (χ3n) is 7.97. The Balaban J connectivity index is 1.84. The van der Waals surface area contributed by atoms with Crippen molar-refractivity contribution in [2.45, 2.75) is 57.1 Å². The third-order valence-corrected chi connectivity index (χ3v) is 9.76. The Bertz CT molecular complexity index is 1750. The van der Waals surface area contributed by atoms with Crippen LogP contribution in [-0.4, -0.2) is 58.0 Å². The predicted octanol–water partition coefficient (Wildman–Crippen LogP) is 5.76. The minimum atomic E-state index is -4.25. The molecule has 248 valence electrons. The quantitative estimate of drug-likeness (QED) is 0.174. The lowest BCUT2D eigenvalue weighted by atomic mass is 10.0. The molecule has 0 heterocycles. The van der Waals surface area contributed by atoms with E-state index in [1.54, 1.807) is 30.3 Å². The van der Waals surface area contributed by atoms with E-state index in [9.17, 15) is 18.0 Å². The molecule has 0 spiro atoms. The van der Waals surface area contributed by atoms with Gasteiger partial charge >= 0.3 is 0 Å². The average Bonchev–Trinajstić information content (AvgIpc) is 3.08. The summed E-state index contributed by atoms with van der Waals surface area (Å²) in [6.07, 6.45) is 0.945. The Labute approximate surface area is 278 Å². The molecule has 2 amide bonds. The van der Waals surface area contributed by atoms with Crippen molar-refractivity contribution in [2.75, 3.05) is 25.1 Å². The molecular formula is C37H43N3O6S. The monoisotopic (exact) mass is 657 g/mol. The van der Waals surface area contributed by atoms with Gasteiger partial charge in [-0.3, -0.25) is 13.9 Å². The summed E-state index contributed by atoms with van der Waals surface area (Å²) in [5.41, 5.74) is 2.89. The normalized spacial score (nSPS) is 12.4. The Hall–Kier alpha value is -4.83. The zero-order valence-electron chi connectivity index (χ0n) is 27.6. The highest BCUT2D eigenvalue weighted by molar-refractivity contribution is 7.92. The molecule has 4 rings (SSSR count). The molecule has 0 aliphatic carbocycles. The van der Waals surface area contributed by atoms with Crippen molar-refractivity contribution < 1.29 is 27.5 Å². The highest BCUT2D eigenvalue weighted by Crippen LogP contribution is 2.34. The van der Waals surface area contributed by atoms with Gasteiger partial charge in [0.25, 0.3) is 10.0 Å². The second-order valence-corrected chi connectivity index (χ2v) is 13.3. The van der Waals surface area contributed by atoms with E-state index in [-0.39, 0.29) is 35.5 Å². The van der Waals surface area contributed by atoms with Crippen LogP contribution in [-0.2, 0) is 32.6 Å². The second kappa shape index (κ2) is 16.1. The van der Waals surface area contributed by atoms with Crippen molar-refractivity contribution in [1.82, 2.24) is 10.2 Å². The number of methoxy groups -OCH3 is 2. The topological polar surface area (TPSA) is 105 Å². The van der Waals surface area contributed by atoms with E-state index in [2.05, 4.69) is 5.32 Å². The molecule has 0 bridgehead atoms. The number of aryl methyl sites for hydroxylation is 1. The van der Waals surface area contributed by atoms with Crippen LogP contribution in [0, 0.1) is 6.92 Å². The molecule has 0 aliphatic heterocycles. The number of hydrogen-bond acceptors (Lipinski definition) is 6. The fraction of sp³-hybridized carbons (Fsp3) is 0.297. The number of rotatable bonds is 15. The summed E-state index contributed by atoms with van der Waals surface area (Å²) in [4.78, 5) is 30.1. The first kappa shape index (κ1) is 35.0. The summed E-state index contributed by atoms with van der Waals surface area (Å²) >= 11 is 0. The van der Waals surface area contributed by atoms with E-state index in [0.29, 0.717) is 17.9 Å². The van der Waals surface area contributed by atoms with Gasteiger partial charge in [-0.15, -0.1) is 0 Å². The van der Waals surface area contributed by atoms with Crippen LogP contribution in [0.15, 0.2) is 108 Å². The van der Waals surface area contributed by atoms with Gasteiger partial charge in [0.15, 0.2) is 11.5 Å². The highest BCUT2D eigenvalue weighted by atomic mass is 32.2. The summed E-state index contributed by atoms with van der Waals surface area (Å²) in [6, 6.07) is 28.8. The van der Waals surface area contributed by atoms with Crippen molar-refractivity contribution in [3.63, 3.8) is 0 Å². The first-order chi connectivity index (χ1) is 22.6. The van der Waals surface area contributed by atoms with Gasteiger partial charge in [-0.05, 0) is 55.7 Å². The van der Waals surface area contributed by atoms with Crippen LogP contribution >= 0.6 is 0 Å². The molecule has 0 radical (unpaired) electrons. The maximum Gasteiger partial charge on any atom is 0.264 e. The number of nitrogens with one attached hydrogen (secondary N) is 1. The zero-order chi connectivity index (χ0) is 34.0. The Morgan fingerprint density at radius 3 is 2.06 bits per heavy atom. The average molecular weight is 658 g/mol. The van der Waals surface area contributed by atoms with Gasteiger partial charge in [0.05, 0.1) is 24.8 Å². The van der Waals surface area contributed by atoms with Crippen molar-refractivity contribution in [1.29, 1.82) is 0 Å². The molecule has 10 heteroatoms. The maximum absolute atomic E-state index is 14.6. The van der Waals surface area contributed by atoms with Crippen LogP contribution in [0.4, 0.5) is 5.69 Å². The molecule has 0 fully saturated rings. The van der Waals surface area contributed by atoms with E-state index in [0.717, 1.165) is 21.0 Å². The molecule has 0 saturated heterocycles. The zero-order valence-corrected chi connectivity index (χ0v) is 28.4. The van der Waals surface area contributed by atoms with E-state index in [1.165, 1.54) is 37.3 Å². The minimum absolute atomic E-state index is 0.0168. The van der Waals surface area contributed by atoms with Crippen LogP contribution in [0.3, 0.4) is 0 Å². The van der Waals surface area contributed by atoms with Gasteiger partial charge in [-0.25, -0.2) is 8.42 Å². The lowest BCUT2D eigenvalue weighted by molar-refractivity contribution is -0.140. The summed E-state index contributed by atoms with van der Waals surface area (Å²) in [5, 5.41) is 3.06.